The SMILES string of the molecule is Cc1cc(C(C#N)c2ccc(Cl)cc2)c(Cl)cc1NC(=O)c1c(C)c([N+](=O)[O-])cc(C(C)(C)C)c1O. The molecular weight excluding hydrogens is 501 g/mol. The standard InChI is InChI=1S/C27H25Cl2N3O4/c1-14-10-18(19(13-30)16-6-8-17(28)9-7-16)21(29)12-22(14)31-26(34)24-15(2)23(32(35)36)11-20(25(24)33)27(3,4)5/h6-12,19,33H,1-5H3,(H,31,34). The number of anilines is 1. The smallest absolute Gasteiger partial charge is 0.273 e. The minimum absolute atomic E-state index is 0.0515. The molecular formula is C27H25Cl2N3O4. The molecule has 3 aromatic rings. The first-order valence-corrected chi connectivity index (χ1v) is 11.8. The van der Waals surface area contributed by atoms with Crippen LogP contribution >= 0.6 is 23.2 Å². The zero-order valence-electron chi connectivity index (χ0n) is 20.4. The quantitative estimate of drug-likeness (QED) is 0.265. The molecule has 0 heterocycles. The first-order chi connectivity index (χ1) is 16.8. The lowest BCUT2D eigenvalue weighted by atomic mass is 9.83. The van der Waals surface area contributed by atoms with Gasteiger partial charge in [0.2, 0.25) is 0 Å². The number of rotatable bonds is 5. The molecule has 1 amide bonds. The Bertz CT molecular complexity index is 1400. The highest BCUT2D eigenvalue weighted by molar-refractivity contribution is 6.32. The highest BCUT2D eigenvalue weighted by Gasteiger charge is 2.31. The summed E-state index contributed by atoms with van der Waals surface area (Å²) in [7, 11) is 0. The molecule has 0 radical (unpaired) electrons. The van der Waals surface area contributed by atoms with Gasteiger partial charge in [0.15, 0.2) is 0 Å². The number of hydrogen-bond acceptors (Lipinski definition) is 5. The lowest BCUT2D eigenvalue weighted by molar-refractivity contribution is -0.385. The van der Waals surface area contributed by atoms with Crippen LogP contribution in [-0.4, -0.2) is 15.9 Å². The van der Waals surface area contributed by atoms with E-state index in [1.54, 1.807) is 58.0 Å². The second kappa shape index (κ2) is 10.2. The topological polar surface area (TPSA) is 116 Å². The van der Waals surface area contributed by atoms with Gasteiger partial charge in [0.25, 0.3) is 11.6 Å². The lowest BCUT2D eigenvalue weighted by Gasteiger charge is -2.23. The maximum atomic E-state index is 13.3. The maximum Gasteiger partial charge on any atom is 0.273 e. The van der Waals surface area contributed by atoms with Gasteiger partial charge in [-0.15, -0.1) is 0 Å². The van der Waals surface area contributed by atoms with Crippen molar-refractivity contribution in [3.05, 3.63) is 96.0 Å². The Morgan fingerprint density at radius 1 is 1.14 bits per heavy atom. The number of nitro benzene ring substituents is 1. The van der Waals surface area contributed by atoms with Crippen LogP contribution in [-0.2, 0) is 5.41 Å². The van der Waals surface area contributed by atoms with Gasteiger partial charge in [-0.2, -0.15) is 5.26 Å². The minimum atomic E-state index is -0.708. The van der Waals surface area contributed by atoms with Crippen molar-refractivity contribution in [1.29, 1.82) is 5.26 Å². The molecule has 0 fully saturated rings. The number of nitro groups is 1. The number of halogens is 2. The Morgan fingerprint density at radius 2 is 1.75 bits per heavy atom. The molecule has 0 saturated carbocycles. The molecule has 0 aliphatic heterocycles. The van der Waals surface area contributed by atoms with E-state index in [9.17, 15) is 25.3 Å². The van der Waals surface area contributed by atoms with E-state index in [1.165, 1.54) is 19.1 Å². The van der Waals surface area contributed by atoms with Crippen LogP contribution in [0.1, 0.15) is 64.9 Å². The van der Waals surface area contributed by atoms with E-state index in [1.807, 2.05) is 0 Å². The van der Waals surface area contributed by atoms with Gasteiger partial charge >= 0.3 is 0 Å². The van der Waals surface area contributed by atoms with Gasteiger partial charge in [-0.25, -0.2) is 0 Å². The number of phenols is 1. The van der Waals surface area contributed by atoms with Crippen LogP contribution in [0.25, 0.3) is 0 Å². The molecule has 0 saturated heterocycles. The van der Waals surface area contributed by atoms with Crippen molar-refractivity contribution in [3.63, 3.8) is 0 Å². The molecule has 0 spiro atoms. The van der Waals surface area contributed by atoms with Crippen LogP contribution in [0.15, 0.2) is 42.5 Å². The molecule has 0 aliphatic rings. The van der Waals surface area contributed by atoms with E-state index in [-0.39, 0.29) is 33.1 Å². The van der Waals surface area contributed by atoms with Gasteiger partial charge in [-0.05, 0) is 54.2 Å². The summed E-state index contributed by atoms with van der Waals surface area (Å²) in [6.45, 7) is 8.53. The van der Waals surface area contributed by atoms with Crippen molar-refractivity contribution in [1.82, 2.24) is 0 Å². The number of amides is 1. The first-order valence-electron chi connectivity index (χ1n) is 11.0. The minimum Gasteiger partial charge on any atom is -0.507 e. The molecule has 186 valence electrons. The van der Waals surface area contributed by atoms with Gasteiger partial charge < -0.3 is 10.4 Å². The number of nitrogens with zero attached hydrogens (tertiary/aromatic N) is 2. The molecule has 7 nitrogen and oxygen atoms in total. The summed E-state index contributed by atoms with van der Waals surface area (Å²) >= 11 is 12.5. The summed E-state index contributed by atoms with van der Waals surface area (Å²) in [5, 5.41) is 35.9. The summed E-state index contributed by atoms with van der Waals surface area (Å²) in [4.78, 5) is 24.4. The van der Waals surface area contributed by atoms with Crippen LogP contribution in [0.5, 0.6) is 5.75 Å². The number of nitriles is 1. The molecule has 1 unspecified atom stereocenters. The third-order valence-electron chi connectivity index (χ3n) is 6.00. The second-order valence-electron chi connectivity index (χ2n) is 9.56. The largest absolute Gasteiger partial charge is 0.507 e. The molecule has 3 rings (SSSR count). The van der Waals surface area contributed by atoms with Crippen LogP contribution in [0.2, 0.25) is 10.0 Å². The summed E-state index contributed by atoms with van der Waals surface area (Å²) < 4.78 is 0. The van der Waals surface area contributed by atoms with Gasteiger partial charge in [0, 0.05) is 32.9 Å². The highest BCUT2D eigenvalue weighted by atomic mass is 35.5. The molecule has 3 aromatic carbocycles. The Labute approximate surface area is 219 Å². The van der Waals surface area contributed by atoms with Crippen LogP contribution in [0, 0.1) is 35.3 Å². The van der Waals surface area contributed by atoms with Crippen molar-refractivity contribution in [2.24, 2.45) is 0 Å². The number of phenolic OH excluding ortho intramolecular Hbond substituents is 1. The van der Waals surface area contributed by atoms with E-state index in [2.05, 4.69) is 11.4 Å². The molecule has 9 heteroatoms. The zero-order chi connectivity index (χ0) is 26.9. The molecule has 1 atom stereocenters. The predicted molar refractivity (Wildman–Crippen MR) is 141 cm³/mol. The summed E-state index contributed by atoms with van der Waals surface area (Å²) in [6, 6.07) is 13.7. The number of aromatic hydroxyl groups is 1. The number of aryl methyl sites for hydroxylation is 1. The molecule has 36 heavy (non-hydrogen) atoms. The normalized spacial score (nSPS) is 12.1. The Morgan fingerprint density at radius 3 is 2.28 bits per heavy atom. The summed E-state index contributed by atoms with van der Waals surface area (Å²) in [6.07, 6.45) is 0. The summed E-state index contributed by atoms with van der Waals surface area (Å²) in [5.41, 5.74) is 1.50. The Balaban J connectivity index is 2.05. The third kappa shape index (κ3) is 5.30. The average molecular weight is 526 g/mol. The maximum absolute atomic E-state index is 13.3. The molecule has 0 bridgehead atoms. The van der Waals surface area contributed by atoms with Crippen molar-refractivity contribution in [2.45, 2.75) is 46.0 Å². The monoisotopic (exact) mass is 525 g/mol. The average Bonchev–Trinajstić information content (AvgIpc) is 2.77. The zero-order valence-corrected chi connectivity index (χ0v) is 22.0. The van der Waals surface area contributed by atoms with Crippen molar-refractivity contribution < 1.29 is 14.8 Å². The van der Waals surface area contributed by atoms with Crippen LogP contribution in [0.4, 0.5) is 11.4 Å². The first kappa shape index (κ1) is 27.0. The molecule has 2 N–H and O–H groups in total. The number of carbonyl (C=O) groups excluding carboxylic acids is 1. The van der Waals surface area contributed by atoms with E-state index in [4.69, 9.17) is 23.2 Å². The van der Waals surface area contributed by atoms with Gasteiger partial charge in [0.05, 0.1) is 22.5 Å². The Hall–Kier alpha value is -3.60. The van der Waals surface area contributed by atoms with E-state index >= 15 is 0 Å². The van der Waals surface area contributed by atoms with Crippen LogP contribution in [0.3, 0.4) is 0 Å². The van der Waals surface area contributed by atoms with Crippen molar-refractivity contribution in [3.8, 4) is 11.8 Å². The molecule has 0 aromatic heterocycles. The Kier molecular flexibility index (Phi) is 7.63. The summed E-state index contributed by atoms with van der Waals surface area (Å²) in [5.74, 6) is -1.67. The van der Waals surface area contributed by atoms with Crippen LogP contribution < -0.4 is 5.32 Å². The number of carbonyl (C=O) groups is 1. The predicted octanol–water partition coefficient (Wildman–Crippen LogP) is 7.43. The second-order valence-corrected chi connectivity index (χ2v) is 10.4. The lowest BCUT2D eigenvalue weighted by Crippen LogP contribution is -2.19. The number of hydrogen-bond donors (Lipinski definition) is 2. The van der Waals surface area contributed by atoms with Crippen molar-refractivity contribution in [2.75, 3.05) is 5.32 Å². The highest BCUT2D eigenvalue weighted by Crippen LogP contribution is 2.40. The van der Waals surface area contributed by atoms with Gasteiger partial charge in [0.1, 0.15) is 5.75 Å². The molecule has 0 aliphatic carbocycles. The number of benzene rings is 3. The van der Waals surface area contributed by atoms with Crippen molar-refractivity contribution >= 4 is 40.5 Å². The van der Waals surface area contributed by atoms with Gasteiger partial charge in [-0.3, -0.25) is 14.9 Å². The fraction of sp³-hybridized carbons (Fsp3) is 0.259. The van der Waals surface area contributed by atoms with E-state index < -0.39 is 22.2 Å². The van der Waals surface area contributed by atoms with Gasteiger partial charge in [-0.1, -0.05) is 62.2 Å². The van der Waals surface area contributed by atoms with E-state index in [0.717, 1.165) is 0 Å². The fourth-order valence-corrected chi connectivity index (χ4v) is 4.42. The van der Waals surface area contributed by atoms with E-state index in [0.29, 0.717) is 27.4 Å². The third-order valence-corrected chi connectivity index (χ3v) is 6.58. The number of nitrogens with one attached hydrogen (secondary N) is 1. The fourth-order valence-electron chi connectivity index (χ4n) is 4.02.